The van der Waals surface area contributed by atoms with E-state index in [1.165, 1.54) is 5.56 Å². The zero-order valence-electron chi connectivity index (χ0n) is 17.6. The van der Waals surface area contributed by atoms with Gasteiger partial charge in [0.1, 0.15) is 0 Å². The average molecular weight is 409 g/mol. The largest absolute Gasteiger partial charge is 0.396 e. The average Bonchev–Trinajstić information content (AvgIpc) is 2.81. The summed E-state index contributed by atoms with van der Waals surface area (Å²) in [7, 11) is 0. The van der Waals surface area contributed by atoms with Gasteiger partial charge in [-0.15, -0.1) is 0 Å². The van der Waals surface area contributed by atoms with Crippen molar-refractivity contribution in [2.75, 3.05) is 26.4 Å². The second-order valence-corrected chi connectivity index (χ2v) is 8.67. The molecule has 0 unspecified atom stereocenters. The molecule has 2 aliphatic heterocycles. The number of aliphatic hydroxyl groups excluding tert-OH is 1. The van der Waals surface area contributed by atoms with Crippen LogP contribution in [0.4, 0.5) is 0 Å². The first-order chi connectivity index (χ1) is 14.7. The van der Waals surface area contributed by atoms with Crippen LogP contribution in [0.25, 0.3) is 11.1 Å². The van der Waals surface area contributed by atoms with Crippen molar-refractivity contribution in [2.45, 2.75) is 51.0 Å². The van der Waals surface area contributed by atoms with E-state index in [0.717, 1.165) is 56.2 Å². The fourth-order valence-corrected chi connectivity index (χ4v) is 5.04. The predicted molar refractivity (Wildman–Crippen MR) is 117 cm³/mol. The molecule has 160 valence electrons. The van der Waals surface area contributed by atoms with E-state index in [0.29, 0.717) is 19.6 Å². The van der Waals surface area contributed by atoms with E-state index >= 15 is 0 Å². The molecule has 1 atom stereocenters. The molecule has 30 heavy (non-hydrogen) atoms. The Morgan fingerprint density at radius 2 is 2.00 bits per heavy atom. The lowest BCUT2D eigenvalue weighted by molar-refractivity contribution is -0.152. The van der Waals surface area contributed by atoms with E-state index in [9.17, 15) is 9.90 Å². The molecule has 4 rings (SSSR count). The summed E-state index contributed by atoms with van der Waals surface area (Å²) in [6.45, 7) is 2.21. The van der Waals surface area contributed by atoms with Gasteiger partial charge in [-0.1, -0.05) is 30.3 Å². The standard InChI is InChI=1S/C25H32N2O3/c28-14-9-23-8-1-2-13-27(23)24(29)25(10-15-30-16-11-25)18-20-5-3-6-21(17-20)22-7-4-12-26-19-22/h3-7,12,17,19,23,28H,1-2,8-11,13-16,18H2/t23-/m0/s1. The molecule has 1 amide bonds. The molecule has 1 N–H and O–H groups in total. The number of benzene rings is 1. The molecule has 5 nitrogen and oxygen atoms in total. The number of pyridine rings is 1. The summed E-state index contributed by atoms with van der Waals surface area (Å²) in [5.41, 5.74) is 2.98. The van der Waals surface area contributed by atoms with Crippen molar-refractivity contribution in [2.24, 2.45) is 5.41 Å². The highest BCUT2D eigenvalue weighted by molar-refractivity contribution is 5.84. The van der Waals surface area contributed by atoms with Gasteiger partial charge in [0.05, 0.1) is 5.41 Å². The summed E-state index contributed by atoms with van der Waals surface area (Å²) in [5.74, 6) is 0.260. The van der Waals surface area contributed by atoms with Crippen LogP contribution < -0.4 is 0 Å². The Morgan fingerprint density at radius 3 is 2.77 bits per heavy atom. The molecule has 1 aromatic heterocycles. The SMILES string of the molecule is O=C(N1CCCC[C@H]1CCO)C1(Cc2cccc(-c3cccnc3)c2)CCOCC1. The molecule has 3 heterocycles. The van der Waals surface area contributed by atoms with E-state index in [1.807, 2.05) is 12.3 Å². The van der Waals surface area contributed by atoms with Gasteiger partial charge < -0.3 is 14.7 Å². The van der Waals surface area contributed by atoms with E-state index in [4.69, 9.17) is 4.74 Å². The van der Waals surface area contributed by atoms with Gasteiger partial charge in [-0.05, 0) is 67.7 Å². The molecule has 2 aromatic rings. The number of hydrogen-bond acceptors (Lipinski definition) is 4. The minimum atomic E-state index is -0.420. The lowest BCUT2D eigenvalue weighted by Crippen LogP contribution is -2.53. The van der Waals surface area contributed by atoms with Crippen LogP contribution >= 0.6 is 0 Å². The monoisotopic (exact) mass is 408 g/mol. The van der Waals surface area contributed by atoms with Crippen molar-refractivity contribution in [3.63, 3.8) is 0 Å². The molecule has 5 heteroatoms. The van der Waals surface area contributed by atoms with Gasteiger partial charge in [-0.25, -0.2) is 0 Å². The number of aliphatic hydroxyl groups is 1. The number of ether oxygens (including phenoxy) is 1. The number of hydrogen-bond donors (Lipinski definition) is 1. The normalized spacial score (nSPS) is 21.4. The molecule has 0 saturated carbocycles. The van der Waals surface area contributed by atoms with Crippen LogP contribution in [-0.4, -0.2) is 53.3 Å². The molecular weight excluding hydrogens is 376 g/mol. The van der Waals surface area contributed by atoms with Crippen LogP contribution in [0.15, 0.2) is 48.8 Å². The second kappa shape index (κ2) is 9.71. The number of carbonyl (C=O) groups excluding carboxylic acids is 1. The van der Waals surface area contributed by atoms with Crippen molar-refractivity contribution in [1.29, 1.82) is 0 Å². The van der Waals surface area contributed by atoms with Gasteiger partial charge in [0.2, 0.25) is 5.91 Å². The second-order valence-electron chi connectivity index (χ2n) is 8.67. The van der Waals surface area contributed by atoms with Gasteiger partial charge in [-0.2, -0.15) is 0 Å². The van der Waals surface area contributed by atoms with Crippen LogP contribution in [0.5, 0.6) is 0 Å². The Kier molecular flexibility index (Phi) is 6.80. The first kappa shape index (κ1) is 21.0. The maximum Gasteiger partial charge on any atom is 0.229 e. The van der Waals surface area contributed by atoms with Crippen molar-refractivity contribution < 1.29 is 14.6 Å². The summed E-state index contributed by atoms with van der Waals surface area (Å²) in [6.07, 6.45) is 9.76. The lowest BCUT2D eigenvalue weighted by atomic mass is 9.73. The van der Waals surface area contributed by atoms with Crippen molar-refractivity contribution in [1.82, 2.24) is 9.88 Å². The van der Waals surface area contributed by atoms with E-state index in [1.54, 1.807) is 6.20 Å². The fraction of sp³-hybridized carbons (Fsp3) is 0.520. The predicted octanol–water partition coefficient (Wildman–Crippen LogP) is 3.85. The topological polar surface area (TPSA) is 62.7 Å². The third kappa shape index (κ3) is 4.57. The number of nitrogens with zero attached hydrogens (tertiary/aromatic N) is 2. The minimum absolute atomic E-state index is 0.137. The Hall–Kier alpha value is -2.24. The van der Waals surface area contributed by atoms with Crippen molar-refractivity contribution in [3.8, 4) is 11.1 Å². The summed E-state index contributed by atoms with van der Waals surface area (Å²) < 4.78 is 5.65. The zero-order chi connectivity index (χ0) is 20.8. The first-order valence-corrected chi connectivity index (χ1v) is 11.2. The number of aromatic nitrogens is 1. The third-order valence-electron chi connectivity index (χ3n) is 6.72. The highest BCUT2D eigenvalue weighted by atomic mass is 16.5. The van der Waals surface area contributed by atoms with Crippen LogP contribution in [0, 0.1) is 5.41 Å². The summed E-state index contributed by atoms with van der Waals surface area (Å²) >= 11 is 0. The van der Waals surface area contributed by atoms with Crippen molar-refractivity contribution in [3.05, 3.63) is 54.4 Å². The zero-order valence-corrected chi connectivity index (χ0v) is 17.6. The number of carbonyl (C=O) groups is 1. The van der Waals surface area contributed by atoms with Gasteiger partial charge in [0.25, 0.3) is 0 Å². The lowest BCUT2D eigenvalue weighted by Gasteiger charge is -2.44. The van der Waals surface area contributed by atoms with Gasteiger partial charge in [-0.3, -0.25) is 9.78 Å². The Balaban J connectivity index is 1.60. The summed E-state index contributed by atoms with van der Waals surface area (Å²) in [4.78, 5) is 20.2. The molecule has 0 bridgehead atoms. The fourth-order valence-electron chi connectivity index (χ4n) is 5.04. The molecule has 0 spiro atoms. The molecule has 2 aliphatic rings. The Labute approximate surface area is 179 Å². The smallest absolute Gasteiger partial charge is 0.229 e. The molecule has 0 radical (unpaired) electrons. The maximum absolute atomic E-state index is 13.9. The molecule has 0 aliphatic carbocycles. The number of likely N-dealkylation sites (tertiary alicyclic amines) is 1. The number of amides is 1. The van der Waals surface area contributed by atoms with Crippen molar-refractivity contribution >= 4 is 5.91 Å². The van der Waals surface area contributed by atoms with E-state index in [-0.39, 0.29) is 18.6 Å². The highest BCUT2D eigenvalue weighted by Crippen LogP contribution is 2.39. The van der Waals surface area contributed by atoms with Gasteiger partial charge in [0.15, 0.2) is 0 Å². The molecule has 2 saturated heterocycles. The summed E-state index contributed by atoms with van der Waals surface area (Å²) in [6, 6.07) is 12.7. The first-order valence-electron chi connectivity index (χ1n) is 11.2. The molecule has 2 fully saturated rings. The van der Waals surface area contributed by atoms with E-state index in [2.05, 4.69) is 40.2 Å². The van der Waals surface area contributed by atoms with Crippen LogP contribution in [0.1, 0.15) is 44.1 Å². The number of piperidine rings is 1. The number of rotatable bonds is 6. The molecule has 1 aromatic carbocycles. The maximum atomic E-state index is 13.9. The van der Waals surface area contributed by atoms with Crippen LogP contribution in [0.2, 0.25) is 0 Å². The minimum Gasteiger partial charge on any atom is -0.396 e. The van der Waals surface area contributed by atoms with E-state index < -0.39 is 5.41 Å². The Morgan fingerprint density at radius 1 is 1.17 bits per heavy atom. The molecular formula is C25H32N2O3. The van der Waals surface area contributed by atoms with Gasteiger partial charge in [0, 0.05) is 44.8 Å². The highest BCUT2D eigenvalue weighted by Gasteiger charge is 2.44. The van der Waals surface area contributed by atoms with Crippen LogP contribution in [-0.2, 0) is 16.0 Å². The Bertz CT molecular complexity index is 831. The third-order valence-corrected chi connectivity index (χ3v) is 6.72. The van der Waals surface area contributed by atoms with Crippen LogP contribution in [0.3, 0.4) is 0 Å². The van der Waals surface area contributed by atoms with Gasteiger partial charge >= 0.3 is 0 Å². The quantitative estimate of drug-likeness (QED) is 0.789. The summed E-state index contributed by atoms with van der Waals surface area (Å²) in [5, 5.41) is 9.50.